The molecule has 6 heteroatoms. The lowest BCUT2D eigenvalue weighted by molar-refractivity contribution is 0.373. The molecule has 1 N–H and O–H groups in total. The van der Waals surface area contributed by atoms with Crippen LogP contribution in [0.2, 0.25) is 0 Å². The molecule has 2 aromatic carbocycles. The molecule has 0 unspecified atom stereocenters. The maximum Gasteiger partial charge on any atom is 0.211 e. The molecule has 0 atom stereocenters. The fourth-order valence-corrected chi connectivity index (χ4v) is 3.09. The highest BCUT2D eigenvalue weighted by Gasteiger charge is 2.01. The number of thiazole rings is 1. The maximum atomic E-state index is 9.73. The zero-order chi connectivity index (χ0) is 15.5. The van der Waals surface area contributed by atoms with E-state index in [1.165, 1.54) is 11.8 Å². The molecule has 22 heavy (non-hydrogen) atoms. The van der Waals surface area contributed by atoms with Crippen LogP contribution in [0.5, 0.6) is 11.5 Å². The van der Waals surface area contributed by atoms with Gasteiger partial charge >= 0.3 is 0 Å². The van der Waals surface area contributed by atoms with Gasteiger partial charge in [0.05, 0.1) is 23.5 Å². The maximum absolute atomic E-state index is 9.73. The topological polar surface area (TPSA) is 59.1 Å². The molecule has 0 radical (unpaired) electrons. The molecule has 0 aliphatic heterocycles. The second-order valence-electron chi connectivity index (χ2n) is 4.69. The Bertz CT molecular complexity index is 909. The lowest BCUT2D eigenvalue weighted by atomic mass is 10.2. The summed E-state index contributed by atoms with van der Waals surface area (Å²) in [7, 11) is 3.48. The smallest absolute Gasteiger partial charge is 0.211 e. The third-order valence-electron chi connectivity index (χ3n) is 3.27. The van der Waals surface area contributed by atoms with E-state index in [9.17, 15) is 5.11 Å². The first kappa shape index (κ1) is 14.3. The highest BCUT2D eigenvalue weighted by atomic mass is 32.1. The Hall–Kier alpha value is -2.60. The van der Waals surface area contributed by atoms with Crippen molar-refractivity contribution >= 4 is 27.8 Å². The Morgan fingerprint density at radius 1 is 1.23 bits per heavy atom. The number of phenols is 1. The molecule has 0 saturated heterocycles. The molecule has 1 aromatic heterocycles. The minimum Gasteiger partial charge on any atom is -0.504 e. The number of phenolic OH excluding ortho intramolecular Hbond substituents is 1. The number of hydrogen-bond donors (Lipinski definition) is 1. The number of methoxy groups -OCH3 is 1. The summed E-state index contributed by atoms with van der Waals surface area (Å²) >= 11 is 1.58. The van der Waals surface area contributed by atoms with Gasteiger partial charge in [-0.25, -0.2) is 0 Å². The zero-order valence-electron chi connectivity index (χ0n) is 12.2. The van der Waals surface area contributed by atoms with Crippen LogP contribution >= 0.6 is 11.3 Å². The molecular formula is C16H15N3O2S. The van der Waals surface area contributed by atoms with Crippen LogP contribution < -0.4 is 9.54 Å². The number of fused-ring (bicyclic) bond motifs is 1. The van der Waals surface area contributed by atoms with Crippen molar-refractivity contribution in [2.45, 2.75) is 0 Å². The summed E-state index contributed by atoms with van der Waals surface area (Å²) in [6.45, 7) is 0. The average molecular weight is 313 g/mol. The number of nitrogens with zero attached hydrogens (tertiary/aromatic N) is 3. The van der Waals surface area contributed by atoms with Crippen LogP contribution in [-0.4, -0.2) is 23.0 Å². The average Bonchev–Trinajstić information content (AvgIpc) is 2.84. The molecule has 1 heterocycles. The lowest BCUT2D eigenvalue weighted by Crippen LogP contribution is -2.08. The molecule has 0 aliphatic carbocycles. The minimum atomic E-state index is 0.0823. The number of para-hydroxylation sites is 1. The van der Waals surface area contributed by atoms with Gasteiger partial charge in [0.1, 0.15) is 0 Å². The Morgan fingerprint density at radius 2 is 2.05 bits per heavy atom. The van der Waals surface area contributed by atoms with Crippen molar-refractivity contribution in [2.24, 2.45) is 17.3 Å². The van der Waals surface area contributed by atoms with Gasteiger partial charge in [0.2, 0.25) is 4.80 Å². The van der Waals surface area contributed by atoms with Crippen molar-refractivity contribution in [3.8, 4) is 11.5 Å². The van der Waals surface area contributed by atoms with Crippen molar-refractivity contribution < 1.29 is 9.84 Å². The third kappa shape index (κ3) is 2.73. The number of rotatable bonds is 3. The summed E-state index contributed by atoms with van der Waals surface area (Å²) in [4.78, 5) is 0.815. The van der Waals surface area contributed by atoms with Gasteiger partial charge in [-0.3, -0.25) is 0 Å². The van der Waals surface area contributed by atoms with Crippen LogP contribution in [0.15, 0.2) is 52.7 Å². The second-order valence-corrected chi connectivity index (χ2v) is 5.70. The number of ether oxygens (including phenoxy) is 1. The molecule has 5 nitrogen and oxygen atoms in total. The molecule has 0 fully saturated rings. The number of aryl methyl sites for hydroxylation is 1. The normalized spacial score (nSPS) is 12.4. The minimum absolute atomic E-state index is 0.0823. The first-order chi connectivity index (χ1) is 10.7. The Morgan fingerprint density at radius 3 is 2.77 bits per heavy atom. The van der Waals surface area contributed by atoms with E-state index in [1.807, 2.05) is 29.8 Å². The van der Waals surface area contributed by atoms with E-state index in [1.54, 1.807) is 29.7 Å². The summed E-state index contributed by atoms with van der Waals surface area (Å²) in [5.74, 6) is 0.517. The fraction of sp³-hybridized carbons (Fsp3) is 0.125. The summed E-state index contributed by atoms with van der Waals surface area (Å²) < 4.78 is 8.17. The highest BCUT2D eigenvalue weighted by Crippen LogP contribution is 2.25. The lowest BCUT2D eigenvalue weighted by Gasteiger charge is -2.02. The SMILES string of the molecule is COc1ccc(/C=N\N=c2\sc3ccccc3n2C)cc1O. The van der Waals surface area contributed by atoms with Crippen molar-refractivity contribution in [2.75, 3.05) is 7.11 Å². The molecule has 3 rings (SSSR count). The van der Waals surface area contributed by atoms with Crippen LogP contribution in [0.1, 0.15) is 5.56 Å². The zero-order valence-corrected chi connectivity index (χ0v) is 13.0. The number of benzene rings is 2. The molecule has 0 amide bonds. The van der Waals surface area contributed by atoms with Crippen molar-refractivity contribution in [3.05, 3.63) is 52.8 Å². The molecule has 0 saturated carbocycles. The van der Waals surface area contributed by atoms with Gasteiger partial charge in [-0.15, -0.1) is 5.10 Å². The van der Waals surface area contributed by atoms with Gasteiger partial charge in [0, 0.05) is 7.05 Å². The molecule has 0 spiro atoms. The van der Waals surface area contributed by atoms with E-state index >= 15 is 0 Å². The summed E-state index contributed by atoms with van der Waals surface area (Å²) in [6, 6.07) is 13.2. The first-order valence-corrected chi connectivity index (χ1v) is 7.49. The highest BCUT2D eigenvalue weighted by molar-refractivity contribution is 7.16. The van der Waals surface area contributed by atoms with Crippen LogP contribution in [0.4, 0.5) is 0 Å². The number of hydrogen-bond acceptors (Lipinski definition) is 5. The predicted molar refractivity (Wildman–Crippen MR) is 88.6 cm³/mol. The van der Waals surface area contributed by atoms with E-state index in [0.717, 1.165) is 15.9 Å². The molecule has 0 aliphatic rings. The Labute approximate surface area is 131 Å². The molecule has 112 valence electrons. The van der Waals surface area contributed by atoms with Gasteiger partial charge in [0.25, 0.3) is 0 Å². The van der Waals surface area contributed by atoms with Gasteiger partial charge in [-0.05, 0) is 35.9 Å². The number of aromatic hydroxyl groups is 1. The third-order valence-corrected chi connectivity index (χ3v) is 4.37. The van der Waals surface area contributed by atoms with Crippen molar-refractivity contribution in [1.29, 1.82) is 0 Å². The Balaban J connectivity index is 1.92. The van der Waals surface area contributed by atoms with Gasteiger partial charge < -0.3 is 14.4 Å². The second kappa shape index (κ2) is 6.03. The van der Waals surface area contributed by atoms with Crippen LogP contribution in [-0.2, 0) is 7.05 Å². The first-order valence-electron chi connectivity index (χ1n) is 6.67. The van der Waals surface area contributed by atoms with E-state index in [-0.39, 0.29) is 5.75 Å². The van der Waals surface area contributed by atoms with Crippen molar-refractivity contribution in [3.63, 3.8) is 0 Å². The quantitative estimate of drug-likeness (QED) is 0.597. The van der Waals surface area contributed by atoms with Gasteiger partial charge in [0.15, 0.2) is 11.5 Å². The van der Waals surface area contributed by atoms with E-state index in [4.69, 9.17) is 4.74 Å². The van der Waals surface area contributed by atoms with E-state index < -0.39 is 0 Å². The van der Waals surface area contributed by atoms with Gasteiger partial charge in [-0.2, -0.15) is 5.10 Å². The Kier molecular flexibility index (Phi) is 3.93. The largest absolute Gasteiger partial charge is 0.504 e. The van der Waals surface area contributed by atoms with Crippen LogP contribution in [0, 0.1) is 0 Å². The van der Waals surface area contributed by atoms with E-state index in [2.05, 4.69) is 22.3 Å². The standard InChI is InChI=1S/C16H15N3O2S/c1-19-12-5-3-4-6-15(12)22-16(19)18-17-10-11-7-8-14(21-2)13(20)9-11/h3-10,20H,1-2H3/b17-10-,18-16+. The monoisotopic (exact) mass is 313 g/mol. The molecule has 0 bridgehead atoms. The fourth-order valence-electron chi connectivity index (χ4n) is 2.11. The predicted octanol–water partition coefficient (Wildman–Crippen LogP) is 2.89. The van der Waals surface area contributed by atoms with E-state index in [0.29, 0.717) is 5.75 Å². The van der Waals surface area contributed by atoms with Gasteiger partial charge in [-0.1, -0.05) is 23.5 Å². The summed E-state index contributed by atoms with van der Waals surface area (Å²) in [5, 5.41) is 18.1. The molecule has 3 aromatic rings. The summed E-state index contributed by atoms with van der Waals surface area (Å²) in [6.07, 6.45) is 1.60. The van der Waals surface area contributed by atoms with Crippen LogP contribution in [0.3, 0.4) is 0 Å². The molecular weight excluding hydrogens is 298 g/mol. The number of aromatic nitrogens is 1. The van der Waals surface area contributed by atoms with Crippen LogP contribution in [0.25, 0.3) is 10.2 Å². The van der Waals surface area contributed by atoms with Crippen molar-refractivity contribution in [1.82, 2.24) is 4.57 Å². The summed E-state index contributed by atoms with van der Waals surface area (Å²) in [5.41, 5.74) is 1.88.